The van der Waals surface area contributed by atoms with Gasteiger partial charge in [-0.15, -0.1) is 0 Å². The summed E-state index contributed by atoms with van der Waals surface area (Å²) in [6.07, 6.45) is 6.54. The molecular weight excluding hydrogens is 206 g/mol. The van der Waals surface area contributed by atoms with Gasteiger partial charge in [0.15, 0.2) is 0 Å². The predicted molar refractivity (Wildman–Crippen MR) is 66.0 cm³/mol. The summed E-state index contributed by atoms with van der Waals surface area (Å²) in [6, 6.07) is 0.352. The lowest BCUT2D eigenvalue weighted by Crippen LogP contribution is -2.20. The van der Waals surface area contributed by atoms with Crippen molar-refractivity contribution in [3.63, 3.8) is 0 Å². The number of hydrogen-bond donors (Lipinski definition) is 1. The first-order valence-electron chi connectivity index (χ1n) is 5.31. The fraction of sp³-hybridized carbons (Fsp3) is 0.636. The monoisotopic (exact) mass is 225 g/mol. The second kappa shape index (κ2) is 6.80. The second-order valence-corrected chi connectivity index (χ2v) is 5.04. The van der Waals surface area contributed by atoms with Crippen LogP contribution in [0.15, 0.2) is 18.7 Å². The van der Waals surface area contributed by atoms with Gasteiger partial charge in [-0.2, -0.15) is 11.8 Å². The highest BCUT2D eigenvalue weighted by atomic mass is 32.2. The van der Waals surface area contributed by atoms with Crippen molar-refractivity contribution in [2.45, 2.75) is 31.6 Å². The second-order valence-electron chi connectivity index (χ2n) is 3.57. The zero-order valence-corrected chi connectivity index (χ0v) is 10.4. The molecule has 2 unspecified atom stereocenters. The zero-order valence-electron chi connectivity index (χ0n) is 9.60. The molecule has 0 fully saturated rings. The van der Waals surface area contributed by atoms with Crippen LogP contribution >= 0.6 is 11.8 Å². The molecule has 1 heterocycles. The lowest BCUT2D eigenvalue weighted by molar-refractivity contribution is 0.653. The zero-order chi connectivity index (χ0) is 11.1. The molecule has 4 heteroatoms. The molecule has 3 nitrogen and oxygen atoms in total. The summed E-state index contributed by atoms with van der Waals surface area (Å²) in [4.78, 5) is 8.08. The van der Waals surface area contributed by atoms with E-state index in [-0.39, 0.29) is 0 Å². The molecule has 1 rings (SSSR count). The van der Waals surface area contributed by atoms with E-state index in [1.165, 1.54) is 6.42 Å². The van der Waals surface area contributed by atoms with Gasteiger partial charge < -0.3 is 5.32 Å². The largest absolute Gasteiger partial charge is 0.312 e. The Morgan fingerprint density at radius 3 is 2.60 bits per heavy atom. The maximum Gasteiger partial charge on any atom is 0.115 e. The molecule has 0 bridgehead atoms. The molecule has 0 aromatic carbocycles. The summed E-state index contributed by atoms with van der Waals surface area (Å²) in [6.45, 7) is 4.48. The highest BCUT2D eigenvalue weighted by Crippen LogP contribution is 2.21. The van der Waals surface area contributed by atoms with Crippen LogP contribution in [0.1, 0.15) is 31.9 Å². The van der Waals surface area contributed by atoms with Crippen LogP contribution in [0.4, 0.5) is 0 Å². The van der Waals surface area contributed by atoms with Gasteiger partial charge in [0.1, 0.15) is 6.33 Å². The number of aromatic nitrogens is 2. The van der Waals surface area contributed by atoms with Gasteiger partial charge in [0.25, 0.3) is 0 Å². The Morgan fingerprint density at radius 2 is 2.07 bits per heavy atom. The maximum absolute atomic E-state index is 4.04. The molecule has 1 aromatic rings. The summed E-state index contributed by atoms with van der Waals surface area (Å²) >= 11 is 1.99. The number of nitrogens with zero attached hydrogens (tertiary/aromatic N) is 2. The van der Waals surface area contributed by atoms with Gasteiger partial charge in [-0.25, -0.2) is 9.97 Å². The van der Waals surface area contributed by atoms with Gasteiger partial charge in [0.2, 0.25) is 0 Å². The minimum absolute atomic E-state index is 0.352. The first-order valence-corrected chi connectivity index (χ1v) is 6.36. The molecular formula is C11H19N3S. The Hall–Kier alpha value is -0.610. The SMILES string of the molecule is CCC(C)SCC(NC)c1cncnc1. The van der Waals surface area contributed by atoms with Gasteiger partial charge in [-0.3, -0.25) is 0 Å². The first-order chi connectivity index (χ1) is 7.27. The molecule has 0 aliphatic heterocycles. The Bertz CT molecular complexity index is 266. The quantitative estimate of drug-likeness (QED) is 0.806. The van der Waals surface area contributed by atoms with Crippen molar-refractivity contribution in [2.75, 3.05) is 12.8 Å². The van der Waals surface area contributed by atoms with Crippen LogP contribution in [0.2, 0.25) is 0 Å². The van der Waals surface area contributed by atoms with Crippen LogP contribution in [0.3, 0.4) is 0 Å². The van der Waals surface area contributed by atoms with E-state index in [2.05, 4.69) is 29.1 Å². The Labute approximate surface area is 96.1 Å². The number of nitrogens with one attached hydrogen (secondary N) is 1. The number of rotatable bonds is 6. The minimum Gasteiger partial charge on any atom is -0.312 e. The van der Waals surface area contributed by atoms with Crippen LogP contribution in [0.5, 0.6) is 0 Å². The van der Waals surface area contributed by atoms with Gasteiger partial charge in [0, 0.05) is 35.0 Å². The van der Waals surface area contributed by atoms with E-state index in [1.54, 1.807) is 6.33 Å². The lowest BCUT2D eigenvalue weighted by Gasteiger charge is -2.17. The van der Waals surface area contributed by atoms with E-state index < -0.39 is 0 Å². The molecule has 0 amide bonds. The minimum atomic E-state index is 0.352. The topological polar surface area (TPSA) is 37.8 Å². The smallest absolute Gasteiger partial charge is 0.115 e. The normalized spacial score (nSPS) is 14.9. The third-order valence-corrected chi connectivity index (χ3v) is 3.88. The van der Waals surface area contributed by atoms with E-state index in [1.807, 2.05) is 31.2 Å². The summed E-state index contributed by atoms with van der Waals surface area (Å²) in [5, 5.41) is 4.01. The van der Waals surface area contributed by atoms with E-state index in [0.717, 1.165) is 11.3 Å². The van der Waals surface area contributed by atoms with Crippen LogP contribution in [-0.2, 0) is 0 Å². The van der Waals surface area contributed by atoms with Gasteiger partial charge >= 0.3 is 0 Å². The first kappa shape index (κ1) is 12.5. The Kier molecular flexibility index (Phi) is 5.65. The molecule has 0 radical (unpaired) electrons. The molecule has 0 saturated carbocycles. The number of hydrogen-bond acceptors (Lipinski definition) is 4. The van der Waals surface area contributed by atoms with E-state index in [9.17, 15) is 0 Å². The van der Waals surface area contributed by atoms with E-state index in [4.69, 9.17) is 0 Å². The van der Waals surface area contributed by atoms with Crippen LogP contribution in [0, 0.1) is 0 Å². The lowest BCUT2D eigenvalue weighted by atomic mass is 10.2. The van der Waals surface area contributed by atoms with Crippen LogP contribution in [0.25, 0.3) is 0 Å². The molecule has 84 valence electrons. The summed E-state index contributed by atoms with van der Waals surface area (Å²) in [5.74, 6) is 1.07. The standard InChI is InChI=1S/C11H19N3S/c1-4-9(2)15-7-11(12-3)10-5-13-8-14-6-10/h5-6,8-9,11-12H,4,7H2,1-3H3. The molecule has 0 saturated heterocycles. The van der Waals surface area contributed by atoms with Crippen molar-refractivity contribution < 1.29 is 0 Å². The van der Waals surface area contributed by atoms with E-state index >= 15 is 0 Å². The van der Waals surface area contributed by atoms with Gasteiger partial charge in [-0.1, -0.05) is 13.8 Å². The molecule has 0 aliphatic rings. The Balaban J connectivity index is 2.50. The maximum atomic E-state index is 4.04. The fourth-order valence-electron chi connectivity index (χ4n) is 1.22. The van der Waals surface area contributed by atoms with Crippen molar-refractivity contribution in [3.05, 3.63) is 24.3 Å². The van der Waals surface area contributed by atoms with Crippen molar-refractivity contribution in [1.82, 2.24) is 15.3 Å². The van der Waals surface area contributed by atoms with Crippen molar-refractivity contribution in [2.24, 2.45) is 0 Å². The average Bonchev–Trinajstić information content (AvgIpc) is 2.31. The molecule has 1 N–H and O–H groups in total. The number of thioether (sulfide) groups is 1. The highest BCUT2D eigenvalue weighted by Gasteiger charge is 2.11. The average molecular weight is 225 g/mol. The fourth-order valence-corrected chi connectivity index (χ4v) is 2.33. The molecule has 1 aromatic heterocycles. The van der Waals surface area contributed by atoms with Crippen LogP contribution < -0.4 is 5.32 Å². The molecule has 0 aliphatic carbocycles. The van der Waals surface area contributed by atoms with Crippen molar-refractivity contribution >= 4 is 11.8 Å². The van der Waals surface area contributed by atoms with Gasteiger partial charge in [-0.05, 0) is 13.5 Å². The molecule has 2 atom stereocenters. The van der Waals surface area contributed by atoms with Crippen molar-refractivity contribution in [1.29, 1.82) is 0 Å². The van der Waals surface area contributed by atoms with Gasteiger partial charge in [0.05, 0.1) is 0 Å². The highest BCUT2D eigenvalue weighted by molar-refractivity contribution is 7.99. The van der Waals surface area contributed by atoms with Crippen molar-refractivity contribution in [3.8, 4) is 0 Å². The Morgan fingerprint density at radius 1 is 1.40 bits per heavy atom. The third kappa shape index (κ3) is 4.18. The summed E-state index contributed by atoms with van der Waals surface area (Å²) in [5.41, 5.74) is 1.16. The molecule has 0 spiro atoms. The predicted octanol–water partition coefficient (Wildman–Crippen LogP) is 2.27. The third-order valence-electron chi connectivity index (χ3n) is 2.45. The molecule has 15 heavy (non-hydrogen) atoms. The summed E-state index contributed by atoms with van der Waals surface area (Å²) < 4.78 is 0. The summed E-state index contributed by atoms with van der Waals surface area (Å²) in [7, 11) is 1.98. The van der Waals surface area contributed by atoms with Crippen LogP contribution in [-0.4, -0.2) is 28.0 Å². The van der Waals surface area contributed by atoms with E-state index in [0.29, 0.717) is 11.3 Å².